The number of aliphatic hydroxyl groups is 1. The molecule has 0 aliphatic carbocycles. The molecule has 4 nitrogen and oxygen atoms in total. The van der Waals surface area contributed by atoms with Crippen LogP contribution in [0.2, 0.25) is 0 Å². The van der Waals surface area contributed by atoms with Gasteiger partial charge in [-0.25, -0.2) is 0 Å². The van der Waals surface area contributed by atoms with Crippen LogP contribution >= 0.6 is 11.8 Å². The van der Waals surface area contributed by atoms with Gasteiger partial charge >= 0.3 is 0 Å². The zero-order chi connectivity index (χ0) is 14.0. The van der Waals surface area contributed by atoms with Gasteiger partial charge < -0.3 is 10.4 Å². The number of nitrogens with one attached hydrogen (secondary N) is 1. The minimum atomic E-state index is -0.551. The molecule has 1 amide bonds. The van der Waals surface area contributed by atoms with Crippen molar-refractivity contribution >= 4 is 22.8 Å². The van der Waals surface area contributed by atoms with Gasteiger partial charge in [-0.05, 0) is 12.8 Å². The van der Waals surface area contributed by atoms with Crippen molar-refractivity contribution in [2.75, 3.05) is 12.3 Å². The Morgan fingerprint density at radius 2 is 1.94 bits per heavy atom. The Morgan fingerprint density at radius 1 is 1.28 bits per heavy atom. The van der Waals surface area contributed by atoms with Gasteiger partial charge in [-0.1, -0.05) is 39.0 Å². The van der Waals surface area contributed by atoms with Gasteiger partial charge in [-0.2, -0.15) is 0 Å². The fourth-order valence-corrected chi connectivity index (χ4v) is 2.32. The molecule has 5 heteroatoms. The quantitative estimate of drug-likeness (QED) is 0.631. The van der Waals surface area contributed by atoms with Crippen LogP contribution in [0.15, 0.2) is 0 Å². The van der Waals surface area contributed by atoms with Crippen LogP contribution in [0.1, 0.15) is 46.5 Å². The maximum atomic E-state index is 11.7. The molecule has 2 N–H and O–H groups in total. The van der Waals surface area contributed by atoms with Gasteiger partial charge in [0.15, 0.2) is 5.12 Å². The predicted octanol–water partition coefficient (Wildman–Crippen LogP) is 1.96. The lowest BCUT2D eigenvalue weighted by Crippen LogP contribution is -2.27. The number of carbonyl (C=O) groups is 2. The highest BCUT2D eigenvalue weighted by Crippen LogP contribution is 2.17. The molecule has 0 spiro atoms. The lowest BCUT2D eigenvalue weighted by molar-refractivity contribution is -0.121. The molecule has 0 saturated carbocycles. The van der Waals surface area contributed by atoms with Crippen molar-refractivity contribution in [2.24, 2.45) is 5.92 Å². The highest BCUT2D eigenvalue weighted by atomic mass is 32.2. The summed E-state index contributed by atoms with van der Waals surface area (Å²) < 4.78 is 0. The van der Waals surface area contributed by atoms with E-state index in [1.165, 1.54) is 11.8 Å². The third kappa shape index (κ3) is 7.71. The van der Waals surface area contributed by atoms with Crippen molar-refractivity contribution in [1.82, 2.24) is 5.32 Å². The first-order valence-electron chi connectivity index (χ1n) is 6.64. The van der Waals surface area contributed by atoms with Crippen molar-refractivity contribution in [3.05, 3.63) is 0 Å². The van der Waals surface area contributed by atoms with E-state index in [0.717, 1.165) is 12.8 Å². The molecule has 0 bridgehead atoms. The molecule has 0 aromatic heterocycles. The number of rotatable bonds is 9. The first kappa shape index (κ1) is 17.4. The highest BCUT2D eigenvalue weighted by Gasteiger charge is 2.21. The molecule has 106 valence electrons. The summed E-state index contributed by atoms with van der Waals surface area (Å²) in [5.41, 5.74) is 0. The summed E-state index contributed by atoms with van der Waals surface area (Å²) in [4.78, 5) is 22.9. The second kappa shape index (κ2) is 10.4. The monoisotopic (exact) mass is 275 g/mol. The third-order valence-corrected chi connectivity index (χ3v) is 3.74. The summed E-state index contributed by atoms with van der Waals surface area (Å²) in [7, 11) is 0. The Bertz CT molecular complexity index is 259. The topological polar surface area (TPSA) is 66.4 Å². The van der Waals surface area contributed by atoms with Crippen LogP contribution in [0.3, 0.4) is 0 Å². The van der Waals surface area contributed by atoms with E-state index in [1.807, 2.05) is 13.8 Å². The normalized spacial score (nSPS) is 14.0. The molecule has 18 heavy (non-hydrogen) atoms. The van der Waals surface area contributed by atoms with Crippen molar-refractivity contribution < 1.29 is 14.7 Å². The zero-order valence-corrected chi connectivity index (χ0v) is 12.4. The van der Waals surface area contributed by atoms with Crippen molar-refractivity contribution in [3.63, 3.8) is 0 Å². The van der Waals surface area contributed by atoms with Gasteiger partial charge in [0.2, 0.25) is 5.91 Å². The van der Waals surface area contributed by atoms with Crippen LogP contribution in [0, 0.1) is 5.92 Å². The fraction of sp³-hybridized carbons (Fsp3) is 0.846. The van der Waals surface area contributed by atoms with Crippen LogP contribution in [0.4, 0.5) is 0 Å². The minimum absolute atomic E-state index is 0.000639. The Kier molecular flexibility index (Phi) is 10.1. The Labute approximate surface area is 114 Å². The molecule has 0 heterocycles. The Balaban J connectivity index is 3.73. The van der Waals surface area contributed by atoms with E-state index < -0.39 is 6.10 Å². The first-order chi connectivity index (χ1) is 8.52. The molecule has 0 aliphatic rings. The van der Waals surface area contributed by atoms with Gasteiger partial charge in [-0.3, -0.25) is 9.59 Å². The van der Waals surface area contributed by atoms with Gasteiger partial charge in [-0.15, -0.1) is 0 Å². The van der Waals surface area contributed by atoms with Crippen LogP contribution in [-0.4, -0.2) is 34.5 Å². The minimum Gasteiger partial charge on any atom is -0.392 e. The second-order valence-corrected chi connectivity index (χ2v) is 5.51. The number of carbonyl (C=O) groups excluding carboxylic acids is 2. The van der Waals surface area contributed by atoms with Crippen molar-refractivity contribution in [3.8, 4) is 0 Å². The molecule has 0 unspecified atom stereocenters. The lowest BCUT2D eigenvalue weighted by Gasteiger charge is -2.16. The van der Waals surface area contributed by atoms with E-state index in [9.17, 15) is 14.7 Å². The van der Waals surface area contributed by atoms with Gasteiger partial charge in [0.05, 0.1) is 12.0 Å². The van der Waals surface area contributed by atoms with Gasteiger partial charge in [0.25, 0.3) is 0 Å². The van der Waals surface area contributed by atoms with Crippen LogP contribution < -0.4 is 5.32 Å². The fourth-order valence-electron chi connectivity index (χ4n) is 1.49. The summed E-state index contributed by atoms with van der Waals surface area (Å²) in [5.74, 6) is 0.267. The summed E-state index contributed by atoms with van der Waals surface area (Å²) in [5, 5.41) is 12.5. The molecule has 0 fully saturated rings. The van der Waals surface area contributed by atoms with E-state index in [1.54, 1.807) is 6.92 Å². The maximum Gasteiger partial charge on any atom is 0.220 e. The first-order valence-corrected chi connectivity index (χ1v) is 7.62. The molecular formula is C13H25NO3S. The van der Waals surface area contributed by atoms with Gasteiger partial charge in [0.1, 0.15) is 0 Å². The molecule has 0 radical (unpaired) electrons. The average molecular weight is 275 g/mol. The number of amides is 1. The maximum absolute atomic E-state index is 11.7. The van der Waals surface area contributed by atoms with Crippen LogP contribution in [0.5, 0.6) is 0 Å². The average Bonchev–Trinajstić information content (AvgIpc) is 2.34. The molecule has 0 saturated heterocycles. The Morgan fingerprint density at radius 3 is 2.50 bits per heavy atom. The standard InChI is InChI=1S/C13H25NO3S/c1-4-6-11(15)10(3)13(17)18-9-8-14-12(16)7-5-2/h10-11,15H,4-9H2,1-3H3,(H,14,16)/t10-,11+/m0/s1. The van der Waals surface area contributed by atoms with E-state index in [2.05, 4.69) is 5.32 Å². The highest BCUT2D eigenvalue weighted by molar-refractivity contribution is 8.13. The second-order valence-electron chi connectivity index (χ2n) is 4.41. The molecular weight excluding hydrogens is 250 g/mol. The summed E-state index contributed by atoms with van der Waals surface area (Å²) >= 11 is 1.19. The van der Waals surface area contributed by atoms with Crippen molar-refractivity contribution in [1.29, 1.82) is 0 Å². The zero-order valence-electron chi connectivity index (χ0n) is 11.6. The van der Waals surface area contributed by atoms with Gasteiger partial charge in [0, 0.05) is 18.7 Å². The summed E-state index contributed by atoms with van der Waals surface area (Å²) in [6.07, 6.45) is 2.34. The van der Waals surface area contributed by atoms with E-state index >= 15 is 0 Å². The number of hydrogen-bond acceptors (Lipinski definition) is 4. The Hall–Kier alpha value is -0.550. The van der Waals surface area contributed by atoms with E-state index in [4.69, 9.17) is 0 Å². The smallest absolute Gasteiger partial charge is 0.220 e. The van der Waals surface area contributed by atoms with Crippen LogP contribution in [0.25, 0.3) is 0 Å². The number of aliphatic hydroxyl groups excluding tert-OH is 1. The SMILES string of the molecule is CCCC(=O)NCCSC(=O)[C@@H](C)[C@H](O)CCC. The lowest BCUT2D eigenvalue weighted by atomic mass is 10.0. The molecule has 0 aromatic rings. The molecule has 0 rings (SSSR count). The molecule has 0 aliphatic heterocycles. The van der Waals surface area contributed by atoms with E-state index in [0.29, 0.717) is 25.1 Å². The number of hydrogen-bond donors (Lipinski definition) is 2. The van der Waals surface area contributed by atoms with Crippen molar-refractivity contribution in [2.45, 2.75) is 52.6 Å². The predicted molar refractivity (Wildman–Crippen MR) is 75.5 cm³/mol. The third-order valence-electron chi connectivity index (χ3n) is 2.68. The molecule has 2 atom stereocenters. The number of thioether (sulfide) groups is 1. The summed E-state index contributed by atoms with van der Waals surface area (Å²) in [6.45, 7) is 6.20. The van der Waals surface area contributed by atoms with Crippen LogP contribution in [-0.2, 0) is 9.59 Å². The molecule has 0 aromatic carbocycles. The summed E-state index contributed by atoms with van der Waals surface area (Å²) in [6, 6.07) is 0. The largest absolute Gasteiger partial charge is 0.392 e. The van der Waals surface area contributed by atoms with E-state index in [-0.39, 0.29) is 16.9 Å².